The molecule has 2 rings (SSSR count). The highest BCUT2D eigenvalue weighted by Crippen LogP contribution is 2.19. The molecular weight excluding hydrogens is 331 g/mol. The van der Waals surface area contributed by atoms with E-state index in [0.29, 0.717) is 5.56 Å². The van der Waals surface area contributed by atoms with Crippen LogP contribution in [0, 0.1) is 5.82 Å². The topological polar surface area (TPSA) is 38.3 Å². The van der Waals surface area contributed by atoms with Gasteiger partial charge in [0.15, 0.2) is 0 Å². The van der Waals surface area contributed by atoms with Crippen molar-refractivity contribution in [2.75, 3.05) is 0 Å². The van der Waals surface area contributed by atoms with E-state index >= 15 is 0 Å². The Morgan fingerprint density at radius 2 is 1.87 bits per heavy atom. The van der Waals surface area contributed by atoms with Gasteiger partial charge in [0.1, 0.15) is 11.6 Å². The van der Waals surface area contributed by atoms with E-state index in [4.69, 9.17) is 11.6 Å². The Morgan fingerprint density at radius 1 is 1.17 bits per heavy atom. The van der Waals surface area contributed by atoms with Gasteiger partial charge >= 0.3 is 6.61 Å². The van der Waals surface area contributed by atoms with Gasteiger partial charge < -0.3 is 10.1 Å². The first kappa shape index (κ1) is 17.1. The maximum atomic E-state index is 13.6. The predicted molar refractivity (Wildman–Crippen MR) is 80.0 cm³/mol. The van der Waals surface area contributed by atoms with Gasteiger partial charge in [-0.25, -0.2) is 4.39 Å². The van der Waals surface area contributed by atoms with Gasteiger partial charge in [-0.05, 0) is 29.8 Å². The fourth-order valence-corrected chi connectivity index (χ4v) is 2.14. The van der Waals surface area contributed by atoms with Crippen molar-refractivity contribution in [3.05, 3.63) is 64.4 Å². The summed E-state index contributed by atoms with van der Waals surface area (Å²) in [6, 6.07) is 10.1. The minimum Gasteiger partial charge on any atom is -0.435 e. The Balaban J connectivity index is 1.89. The van der Waals surface area contributed by atoms with Crippen molar-refractivity contribution in [1.82, 2.24) is 5.32 Å². The number of hydrogen-bond donors (Lipinski definition) is 1. The normalized spacial score (nSPS) is 10.7. The van der Waals surface area contributed by atoms with Crippen LogP contribution in [0.2, 0.25) is 5.02 Å². The van der Waals surface area contributed by atoms with Crippen LogP contribution in [-0.4, -0.2) is 12.5 Å². The molecule has 0 unspecified atom stereocenters. The molecule has 0 fully saturated rings. The van der Waals surface area contributed by atoms with Crippen LogP contribution in [-0.2, 0) is 17.8 Å². The third-order valence-electron chi connectivity index (χ3n) is 3.04. The summed E-state index contributed by atoms with van der Waals surface area (Å²) < 4.78 is 41.9. The minimum absolute atomic E-state index is 0.0354. The van der Waals surface area contributed by atoms with Gasteiger partial charge in [0, 0.05) is 17.1 Å². The summed E-state index contributed by atoms with van der Waals surface area (Å²) in [4.78, 5) is 11.8. The maximum absolute atomic E-state index is 13.6. The molecule has 0 radical (unpaired) electrons. The number of rotatable bonds is 6. The van der Waals surface area contributed by atoms with Crippen molar-refractivity contribution in [3.8, 4) is 5.75 Å². The summed E-state index contributed by atoms with van der Waals surface area (Å²) in [5.74, 6) is -0.903. The first-order valence-corrected chi connectivity index (χ1v) is 7.07. The molecule has 3 nitrogen and oxygen atoms in total. The average molecular weight is 344 g/mol. The number of alkyl halides is 2. The van der Waals surface area contributed by atoms with E-state index in [1.54, 1.807) is 12.1 Å². The molecule has 0 spiro atoms. The highest BCUT2D eigenvalue weighted by molar-refractivity contribution is 6.31. The maximum Gasteiger partial charge on any atom is 0.387 e. The molecule has 23 heavy (non-hydrogen) atoms. The van der Waals surface area contributed by atoms with E-state index in [1.807, 2.05) is 0 Å². The first-order valence-electron chi connectivity index (χ1n) is 6.69. The lowest BCUT2D eigenvalue weighted by Gasteiger charge is -2.09. The molecular formula is C16H13ClF3NO2. The van der Waals surface area contributed by atoms with E-state index in [2.05, 4.69) is 10.1 Å². The van der Waals surface area contributed by atoms with Crippen molar-refractivity contribution in [3.63, 3.8) is 0 Å². The van der Waals surface area contributed by atoms with Crippen LogP contribution in [0.5, 0.6) is 5.75 Å². The van der Waals surface area contributed by atoms with Crippen molar-refractivity contribution in [2.45, 2.75) is 19.6 Å². The molecule has 0 aromatic heterocycles. The fraction of sp³-hybridized carbons (Fsp3) is 0.188. The summed E-state index contributed by atoms with van der Waals surface area (Å²) >= 11 is 5.85. The lowest BCUT2D eigenvalue weighted by atomic mass is 10.1. The Hall–Kier alpha value is -2.21. The minimum atomic E-state index is -2.88. The van der Waals surface area contributed by atoms with E-state index in [-0.39, 0.29) is 29.3 Å². The van der Waals surface area contributed by atoms with Crippen LogP contribution < -0.4 is 10.1 Å². The number of ether oxygens (including phenoxy) is 1. The highest BCUT2D eigenvalue weighted by Gasteiger charge is 2.11. The monoisotopic (exact) mass is 343 g/mol. The van der Waals surface area contributed by atoms with Crippen LogP contribution in [0.25, 0.3) is 0 Å². The van der Waals surface area contributed by atoms with Crippen molar-refractivity contribution >= 4 is 17.5 Å². The highest BCUT2D eigenvalue weighted by atomic mass is 35.5. The molecule has 7 heteroatoms. The first-order chi connectivity index (χ1) is 11.0. The Morgan fingerprint density at radius 3 is 2.48 bits per heavy atom. The third-order valence-corrected chi connectivity index (χ3v) is 3.39. The summed E-state index contributed by atoms with van der Waals surface area (Å²) in [5.41, 5.74) is 0.826. The van der Waals surface area contributed by atoms with Crippen molar-refractivity contribution in [2.24, 2.45) is 0 Å². The van der Waals surface area contributed by atoms with Gasteiger partial charge in [-0.3, -0.25) is 4.79 Å². The fourth-order valence-electron chi connectivity index (χ4n) is 1.91. The second-order valence-electron chi connectivity index (χ2n) is 4.68. The summed E-state index contributed by atoms with van der Waals surface area (Å²) in [7, 11) is 0. The number of carbonyl (C=O) groups is 1. The smallest absolute Gasteiger partial charge is 0.387 e. The Labute approximate surface area is 136 Å². The largest absolute Gasteiger partial charge is 0.435 e. The van der Waals surface area contributed by atoms with Crippen LogP contribution in [0.15, 0.2) is 42.5 Å². The molecule has 1 amide bonds. The number of hydrogen-bond acceptors (Lipinski definition) is 2. The summed E-state index contributed by atoms with van der Waals surface area (Å²) in [6.07, 6.45) is -0.182. The van der Waals surface area contributed by atoms with E-state index in [1.165, 1.54) is 30.3 Å². The quantitative estimate of drug-likeness (QED) is 0.862. The van der Waals surface area contributed by atoms with Crippen LogP contribution in [0.3, 0.4) is 0 Å². The Kier molecular flexibility index (Phi) is 5.87. The molecule has 0 saturated carbocycles. The zero-order valence-corrected chi connectivity index (χ0v) is 12.6. The molecule has 0 aliphatic heterocycles. The van der Waals surface area contributed by atoms with E-state index < -0.39 is 18.3 Å². The van der Waals surface area contributed by atoms with Crippen LogP contribution in [0.4, 0.5) is 13.2 Å². The van der Waals surface area contributed by atoms with Gasteiger partial charge in [0.25, 0.3) is 0 Å². The lowest BCUT2D eigenvalue weighted by molar-refractivity contribution is -0.120. The molecule has 2 aromatic rings. The average Bonchev–Trinajstić information content (AvgIpc) is 2.50. The van der Waals surface area contributed by atoms with Crippen LogP contribution in [0.1, 0.15) is 11.1 Å². The van der Waals surface area contributed by atoms with Gasteiger partial charge in [0.2, 0.25) is 5.91 Å². The predicted octanol–water partition coefficient (Wildman–Crippen LogP) is 3.94. The Bertz CT molecular complexity index is 657. The molecule has 2 aromatic carbocycles. The molecule has 0 saturated heterocycles. The van der Waals surface area contributed by atoms with Gasteiger partial charge in [-0.15, -0.1) is 0 Å². The molecule has 0 heterocycles. The molecule has 0 bridgehead atoms. The van der Waals surface area contributed by atoms with Gasteiger partial charge in [-0.2, -0.15) is 8.78 Å². The van der Waals surface area contributed by atoms with Gasteiger partial charge in [-0.1, -0.05) is 29.8 Å². The van der Waals surface area contributed by atoms with E-state index in [9.17, 15) is 18.0 Å². The summed E-state index contributed by atoms with van der Waals surface area (Å²) in [6.45, 7) is -2.70. The molecule has 122 valence electrons. The standard InChI is InChI=1S/C16H13ClF3NO2/c17-13-2-1-3-14(18)12(13)8-15(22)21-9-10-4-6-11(7-5-10)23-16(19)20/h1-7,16H,8-9H2,(H,21,22). The van der Waals surface area contributed by atoms with E-state index in [0.717, 1.165) is 0 Å². The zero-order valence-electron chi connectivity index (χ0n) is 11.9. The number of nitrogens with one attached hydrogen (secondary N) is 1. The summed E-state index contributed by atoms with van der Waals surface area (Å²) in [5, 5.41) is 2.80. The van der Waals surface area contributed by atoms with Crippen molar-refractivity contribution in [1.29, 1.82) is 0 Å². The number of amides is 1. The lowest BCUT2D eigenvalue weighted by Crippen LogP contribution is -2.25. The second kappa shape index (κ2) is 7.87. The van der Waals surface area contributed by atoms with Gasteiger partial charge in [0.05, 0.1) is 6.42 Å². The molecule has 0 aliphatic carbocycles. The molecule has 0 atom stereocenters. The van der Waals surface area contributed by atoms with Crippen molar-refractivity contribution < 1.29 is 22.7 Å². The van der Waals surface area contributed by atoms with Crippen LogP contribution >= 0.6 is 11.6 Å². The number of halogens is 4. The second-order valence-corrected chi connectivity index (χ2v) is 5.08. The zero-order chi connectivity index (χ0) is 16.8. The number of benzene rings is 2. The molecule has 1 N–H and O–H groups in total. The number of carbonyl (C=O) groups excluding carboxylic acids is 1. The third kappa shape index (κ3) is 5.17. The SMILES string of the molecule is O=C(Cc1c(F)cccc1Cl)NCc1ccc(OC(F)F)cc1. The molecule has 0 aliphatic rings.